The molecular weight excluding hydrogens is 377 g/mol. The molecular formula is C18H19Cl2N3O3. The summed E-state index contributed by atoms with van der Waals surface area (Å²) in [7, 11) is 1.47. The van der Waals surface area contributed by atoms with Gasteiger partial charge in [-0.2, -0.15) is 0 Å². The van der Waals surface area contributed by atoms with Crippen LogP contribution in [0.4, 0.5) is 11.4 Å². The monoisotopic (exact) mass is 395 g/mol. The molecule has 0 aliphatic heterocycles. The molecule has 0 radical (unpaired) electrons. The van der Waals surface area contributed by atoms with Crippen LogP contribution in [0.15, 0.2) is 36.4 Å². The molecule has 0 fully saturated rings. The van der Waals surface area contributed by atoms with E-state index in [4.69, 9.17) is 27.9 Å². The van der Waals surface area contributed by atoms with Gasteiger partial charge in [0.05, 0.1) is 23.7 Å². The number of carbonyl (C=O) groups excluding carboxylic acids is 2. The molecule has 0 aliphatic rings. The number of benzene rings is 2. The van der Waals surface area contributed by atoms with Gasteiger partial charge in [0.2, 0.25) is 5.91 Å². The van der Waals surface area contributed by atoms with Crippen LogP contribution in [-0.4, -0.2) is 32.0 Å². The van der Waals surface area contributed by atoms with E-state index >= 15 is 0 Å². The van der Waals surface area contributed by atoms with Gasteiger partial charge in [-0.25, -0.2) is 0 Å². The second kappa shape index (κ2) is 9.31. The standard InChI is InChI=1S/C18H19Cl2N3O3/c1-3-21-18(25)11-5-4-6-12(7-11)23-16(24)10-22-13-8-14(19)17(26-2)15(20)9-13/h4-9,22H,3,10H2,1-2H3,(H,21,25)(H,23,24). The third-order valence-electron chi connectivity index (χ3n) is 3.40. The number of hydrogen-bond donors (Lipinski definition) is 3. The minimum absolute atomic E-state index is 0.00434. The molecule has 0 unspecified atom stereocenters. The second-order valence-corrected chi connectivity index (χ2v) is 6.13. The minimum atomic E-state index is -0.277. The lowest BCUT2D eigenvalue weighted by Crippen LogP contribution is -2.24. The molecule has 2 amide bonds. The van der Waals surface area contributed by atoms with Crippen molar-refractivity contribution in [1.82, 2.24) is 5.32 Å². The molecule has 0 heterocycles. The quantitative estimate of drug-likeness (QED) is 0.665. The Labute approximate surface area is 161 Å². The van der Waals surface area contributed by atoms with Crippen LogP contribution < -0.4 is 20.7 Å². The average Bonchev–Trinajstić information content (AvgIpc) is 2.60. The Bertz CT molecular complexity index is 789. The van der Waals surface area contributed by atoms with E-state index in [1.807, 2.05) is 6.92 Å². The molecule has 2 aromatic rings. The Morgan fingerprint density at radius 2 is 1.77 bits per heavy atom. The van der Waals surface area contributed by atoms with Crippen LogP contribution in [-0.2, 0) is 4.79 Å². The van der Waals surface area contributed by atoms with Crippen LogP contribution in [0.25, 0.3) is 0 Å². The van der Waals surface area contributed by atoms with Gasteiger partial charge < -0.3 is 20.7 Å². The highest BCUT2D eigenvalue weighted by molar-refractivity contribution is 6.37. The number of amides is 2. The molecule has 0 saturated heterocycles. The Morgan fingerprint density at radius 3 is 2.38 bits per heavy atom. The average molecular weight is 396 g/mol. The van der Waals surface area contributed by atoms with E-state index in [0.29, 0.717) is 39.3 Å². The van der Waals surface area contributed by atoms with Gasteiger partial charge in [-0.15, -0.1) is 0 Å². The highest BCUT2D eigenvalue weighted by Crippen LogP contribution is 2.35. The van der Waals surface area contributed by atoms with Crippen molar-refractivity contribution < 1.29 is 14.3 Å². The smallest absolute Gasteiger partial charge is 0.251 e. The van der Waals surface area contributed by atoms with Crippen molar-refractivity contribution in [3.05, 3.63) is 52.0 Å². The van der Waals surface area contributed by atoms with E-state index in [1.165, 1.54) is 7.11 Å². The van der Waals surface area contributed by atoms with Crippen LogP contribution in [0.1, 0.15) is 17.3 Å². The zero-order valence-corrected chi connectivity index (χ0v) is 15.9. The molecule has 0 spiro atoms. The Kier molecular flexibility index (Phi) is 7.12. The number of hydrogen-bond acceptors (Lipinski definition) is 4. The maximum absolute atomic E-state index is 12.1. The highest BCUT2D eigenvalue weighted by Gasteiger charge is 2.10. The van der Waals surface area contributed by atoms with E-state index in [9.17, 15) is 9.59 Å². The summed E-state index contributed by atoms with van der Waals surface area (Å²) in [6, 6.07) is 9.95. The van der Waals surface area contributed by atoms with Gasteiger partial charge in [0.1, 0.15) is 0 Å². The molecule has 0 atom stereocenters. The van der Waals surface area contributed by atoms with E-state index in [0.717, 1.165) is 0 Å². The molecule has 26 heavy (non-hydrogen) atoms. The van der Waals surface area contributed by atoms with Crippen LogP contribution in [0.3, 0.4) is 0 Å². The SMILES string of the molecule is CCNC(=O)c1cccc(NC(=O)CNc2cc(Cl)c(OC)c(Cl)c2)c1. The zero-order valence-electron chi connectivity index (χ0n) is 14.4. The van der Waals surface area contributed by atoms with Crippen molar-refractivity contribution in [2.75, 3.05) is 30.8 Å². The number of rotatable bonds is 7. The third kappa shape index (κ3) is 5.28. The van der Waals surface area contributed by atoms with Crippen molar-refractivity contribution in [2.24, 2.45) is 0 Å². The van der Waals surface area contributed by atoms with E-state index in [-0.39, 0.29) is 18.4 Å². The van der Waals surface area contributed by atoms with Gasteiger partial charge in [-0.05, 0) is 37.3 Å². The summed E-state index contributed by atoms with van der Waals surface area (Å²) in [5, 5.41) is 9.07. The van der Waals surface area contributed by atoms with E-state index < -0.39 is 0 Å². The number of anilines is 2. The largest absolute Gasteiger partial charge is 0.494 e. The maximum atomic E-state index is 12.1. The fourth-order valence-electron chi connectivity index (χ4n) is 2.25. The fraction of sp³-hybridized carbons (Fsp3) is 0.222. The van der Waals surface area contributed by atoms with Crippen molar-refractivity contribution in [3.8, 4) is 5.75 Å². The lowest BCUT2D eigenvalue weighted by atomic mass is 10.2. The van der Waals surface area contributed by atoms with Gasteiger partial charge in [0.15, 0.2) is 5.75 Å². The minimum Gasteiger partial charge on any atom is -0.494 e. The summed E-state index contributed by atoms with van der Waals surface area (Å²) in [5.74, 6) is -0.0872. The number of carbonyl (C=O) groups is 2. The first-order valence-corrected chi connectivity index (χ1v) is 8.65. The Morgan fingerprint density at radius 1 is 1.08 bits per heavy atom. The predicted octanol–water partition coefficient (Wildman–Crippen LogP) is 3.80. The lowest BCUT2D eigenvalue weighted by molar-refractivity contribution is -0.114. The van der Waals surface area contributed by atoms with Gasteiger partial charge in [-0.1, -0.05) is 29.3 Å². The van der Waals surface area contributed by atoms with Crippen molar-refractivity contribution in [3.63, 3.8) is 0 Å². The number of halogens is 2. The molecule has 0 aromatic heterocycles. The molecule has 6 nitrogen and oxygen atoms in total. The molecule has 138 valence electrons. The number of methoxy groups -OCH3 is 1. The summed E-state index contributed by atoms with van der Waals surface area (Å²) >= 11 is 12.1. The fourth-order valence-corrected chi connectivity index (χ4v) is 2.89. The zero-order chi connectivity index (χ0) is 19.1. The van der Waals surface area contributed by atoms with E-state index in [1.54, 1.807) is 36.4 Å². The van der Waals surface area contributed by atoms with Gasteiger partial charge in [-0.3, -0.25) is 9.59 Å². The molecule has 2 aromatic carbocycles. The van der Waals surface area contributed by atoms with Crippen molar-refractivity contribution in [2.45, 2.75) is 6.92 Å². The first-order chi connectivity index (χ1) is 12.4. The van der Waals surface area contributed by atoms with Crippen molar-refractivity contribution >= 4 is 46.4 Å². The Balaban J connectivity index is 1.97. The number of nitrogens with one attached hydrogen (secondary N) is 3. The van der Waals surface area contributed by atoms with Gasteiger partial charge in [0.25, 0.3) is 5.91 Å². The van der Waals surface area contributed by atoms with E-state index in [2.05, 4.69) is 16.0 Å². The summed E-state index contributed by atoms with van der Waals surface area (Å²) in [6.07, 6.45) is 0. The van der Waals surface area contributed by atoms with Crippen LogP contribution >= 0.6 is 23.2 Å². The summed E-state index contributed by atoms with van der Waals surface area (Å²) in [4.78, 5) is 24.0. The Hall–Kier alpha value is -2.44. The first-order valence-electron chi connectivity index (χ1n) is 7.89. The molecule has 0 aliphatic carbocycles. The summed E-state index contributed by atoms with van der Waals surface area (Å²) < 4.78 is 5.08. The second-order valence-electron chi connectivity index (χ2n) is 5.32. The highest BCUT2D eigenvalue weighted by atomic mass is 35.5. The van der Waals surface area contributed by atoms with Gasteiger partial charge >= 0.3 is 0 Å². The molecule has 3 N–H and O–H groups in total. The van der Waals surface area contributed by atoms with Gasteiger partial charge in [0, 0.05) is 23.5 Å². The third-order valence-corrected chi connectivity index (χ3v) is 3.96. The summed E-state index contributed by atoms with van der Waals surface area (Å²) in [6.45, 7) is 2.38. The first kappa shape index (κ1) is 19.9. The van der Waals surface area contributed by atoms with Crippen LogP contribution in [0.5, 0.6) is 5.75 Å². The van der Waals surface area contributed by atoms with Crippen molar-refractivity contribution in [1.29, 1.82) is 0 Å². The predicted molar refractivity (Wildman–Crippen MR) is 105 cm³/mol. The maximum Gasteiger partial charge on any atom is 0.251 e. The number of ether oxygens (including phenoxy) is 1. The topological polar surface area (TPSA) is 79.5 Å². The van der Waals surface area contributed by atoms with Crippen LogP contribution in [0, 0.1) is 0 Å². The molecule has 2 rings (SSSR count). The molecule has 8 heteroatoms. The normalized spacial score (nSPS) is 10.2. The molecule has 0 bridgehead atoms. The molecule has 0 saturated carbocycles. The summed E-state index contributed by atoms with van der Waals surface area (Å²) in [5.41, 5.74) is 1.60. The lowest BCUT2D eigenvalue weighted by Gasteiger charge is -2.11. The van der Waals surface area contributed by atoms with Crippen LogP contribution in [0.2, 0.25) is 10.0 Å².